The number of thiazole rings is 1. The summed E-state index contributed by atoms with van der Waals surface area (Å²) in [5, 5.41) is 4.04. The lowest BCUT2D eigenvalue weighted by Crippen LogP contribution is -2.30. The molecule has 0 radical (unpaired) electrons. The first kappa shape index (κ1) is 20.4. The number of fused-ring (bicyclic) bond motifs is 1. The minimum absolute atomic E-state index is 0.00129. The Hall–Kier alpha value is -2.92. The molecule has 0 atom stereocenters. The predicted octanol–water partition coefficient (Wildman–Crippen LogP) is 6.95. The van der Waals surface area contributed by atoms with Crippen molar-refractivity contribution >= 4 is 33.3 Å². The van der Waals surface area contributed by atoms with Crippen LogP contribution in [0.15, 0.2) is 48.7 Å². The SMILES string of the molecule is CCC(C)(C)C(=O)Nc1[nH]cc(-c2ccc(C)cc2C)c1-c1nc2ccccc2s1. The highest BCUT2D eigenvalue weighted by molar-refractivity contribution is 7.21. The van der Waals surface area contributed by atoms with Crippen LogP contribution in [0.5, 0.6) is 0 Å². The zero-order valence-corrected chi connectivity index (χ0v) is 18.9. The molecule has 0 saturated carbocycles. The zero-order chi connectivity index (χ0) is 21.5. The van der Waals surface area contributed by atoms with Crippen LogP contribution in [0.2, 0.25) is 0 Å². The Kier molecular flexibility index (Phi) is 5.24. The fourth-order valence-electron chi connectivity index (χ4n) is 3.49. The van der Waals surface area contributed by atoms with Gasteiger partial charge in [0.25, 0.3) is 0 Å². The third-order valence-corrected chi connectivity index (χ3v) is 6.85. The number of anilines is 1. The molecule has 1 amide bonds. The largest absolute Gasteiger partial charge is 0.347 e. The van der Waals surface area contributed by atoms with Gasteiger partial charge < -0.3 is 10.3 Å². The van der Waals surface area contributed by atoms with E-state index < -0.39 is 5.41 Å². The summed E-state index contributed by atoms with van der Waals surface area (Å²) < 4.78 is 1.13. The fourth-order valence-corrected chi connectivity index (χ4v) is 4.53. The standard InChI is InChI=1S/C25H27N3OS/c1-6-25(4,5)24(29)28-22-21(23-27-19-9-7-8-10-20(19)30-23)18(14-26-22)17-12-11-15(2)13-16(17)3/h7-14,26H,6H2,1-5H3,(H,28,29). The van der Waals surface area contributed by atoms with E-state index in [-0.39, 0.29) is 5.91 Å². The number of H-pyrrole nitrogens is 1. The first-order chi connectivity index (χ1) is 14.3. The maximum atomic E-state index is 12.9. The highest BCUT2D eigenvalue weighted by Gasteiger charge is 2.28. The molecule has 0 aliphatic carbocycles. The number of nitrogens with zero attached hydrogens (tertiary/aromatic N) is 1. The normalized spacial score (nSPS) is 11.8. The molecular weight excluding hydrogens is 390 g/mol. The van der Waals surface area contributed by atoms with Crippen molar-refractivity contribution in [3.63, 3.8) is 0 Å². The molecule has 4 rings (SSSR count). The molecule has 0 aliphatic heterocycles. The van der Waals surface area contributed by atoms with E-state index in [2.05, 4.69) is 48.4 Å². The summed E-state index contributed by atoms with van der Waals surface area (Å²) in [7, 11) is 0. The second kappa shape index (κ2) is 7.73. The van der Waals surface area contributed by atoms with Gasteiger partial charge in [0, 0.05) is 17.2 Å². The van der Waals surface area contributed by atoms with Gasteiger partial charge in [-0.3, -0.25) is 4.79 Å². The number of para-hydroxylation sites is 1. The minimum atomic E-state index is -0.449. The van der Waals surface area contributed by atoms with E-state index in [0.29, 0.717) is 5.82 Å². The van der Waals surface area contributed by atoms with E-state index in [1.807, 2.05) is 45.2 Å². The second-order valence-electron chi connectivity index (χ2n) is 8.45. The van der Waals surface area contributed by atoms with Crippen LogP contribution >= 0.6 is 11.3 Å². The van der Waals surface area contributed by atoms with Crippen LogP contribution in [-0.4, -0.2) is 15.9 Å². The van der Waals surface area contributed by atoms with Gasteiger partial charge >= 0.3 is 0 Å². The average molecular weight is 418 g/mol. The second-order valence-corrected chi connectivity index (χ2v) is 9.48. The minimum Gasteiger partial charge on any atom is -0.347 e. The molecule has 0 unspecified atom stereocenters. The van der Waals surface area contributed by atoms with E-state index >= 15 is 0 Å². The number of nitrogens with one attached hydrogen (secondary N) is 2. The number of hydrogen-bond donors (Lipinski definition) is 2. The Bertz CT molecular complexity index is 1200. The molecule has 0 fully saturated rings. The van der Waals surface area contributed by atoms with E-state index in [1.54, 1.807) is 11.3 Å². The number of carbonyl (C=O) groups excluding carboxylic acids is 1. The molecule has 2 aromatic carbocycles. The van der Waals surface area contributed by atoms with Crippen molar-refractivity contribution in [2.24, 2.45) is 5.41 Å². The van der Waals surface area contributed by atoms with Gasteiger partial charge in [0.05, 0.1) is 15.8 Å². The van der Waals surface area contributed by atoms with Crippen LogP contribution < -0.4 is 5.32 Å². The number of benzene rings is 2. The summed E-state index contributed by atoms with van der Waals surface area (Å²) in [6.45, 7) is 10.2. The fraction of sp³-hybridized carbons (Fsp3) is 0.280. The summed E-state index contributed by atoms with van der Waals surface area (Å²) in [6, 6.07) is 14.6. The Morgan fingerprint density at radius 2 is 1.90 bits per heavy atom. The van der Waals surface area contributed by atoms with Crippen LogP contribution in [0.3, 0.4) is 0 Å². The molecule has 0 saturated heterocycles. The molecule has 4 nitrogen and oxygen atoms in total. The molecule has 0 spiro atoms. The van der Waals surface area contributed by atoms with Crippen molar-refractivity contribution in [3.05, 3.63) is 59.8 Å². The van der Waals surface area contributed by atoms with Gasteiger partial charge in [0.2, 0.25) is 5.91 Å². The van der Waals surface area contributed by atoms with Crippen LogP contribution in [0.25, 0.3) is 31.9 Å². The average Bonchev–Trinajstić information content (AvgIpc) is 3.31. The third kappa shape index (κ3) is 3.65. The molecule has 4 aromatic rings. The van der Waals surface area contributed by atoms with E-state index in [4.69, 9.17) is 4.98 Å². The summed E-state index contributed by atoms with van der Waals surface area (Å²) in [4.78, 5) is 21.1. The Morgan fingerprint density at radius 1 is 1.13 bits per heavy atom. The molecule has 2 aromatic heterocycles. The maximum absolute atomic E-state index is 12.9. The topological polar surface area (TPSA) is 57.8 Å². The summed E-state index contributed by atoms with van der Waals surface area (Å²) in [5.74, 6) is 0.706. The number of aromatic nitrogens is 2. The molecule has 5 heteroatoms. The predicted molar refractivity (Wildman–Crippen MR) is 127 cm³/mol. The number of aromatic amines is 1. The molecule has 30 heavy (non-hydrogen) atoms. The Labute approximate surface area is 181 Å². The van der Waals surface area contributed by atoms with Crippen molar-refractivity contribution in [1.29, 1.82) is 0 Å². The number of hydrogen-bond acceptors (Lipinski definition) is 3. The van der Waals surface area contributed by atoms with Crippen molar-refractivity contribution in [2.45, 2.75) is 41.0 Å². The molecule has 0 aliphatic rings. The van der Waals surface area contributed by atoms with Gasteiger partial charge in [-0.05, 0) is 43.5 Å². The van der Waals surface area contributed by atoms with Gasteiger partial charge in [0.15, 0.2) is 0 Å². The first-order valence-electron chi connectivity index (χ1n) is 10.3. The number of amides is 1. The van der Waals surface area contributed by atoms with E-state index in [0.717, 1.165) is 38.3 Å². The van der Waals surface area contributed by atoms with Gasteiger partial charge in [0.1, 0.15) is 10.8 Å². The summed E-state index contributed by atoms with van der Waals surface area (Å²) in [5.41, 5.74) is 6.09. The number of carbonyl (C=O) groups is 1. The lowest BCUT2D eigenvalue weighted by molar-refractivity contribution is -0.124. The summed E-state index contributed by atoms with van der Waals surface area (Å²) >= 11 is 1.64. The smallest absolute Gasteiger partial charge is 0.231 e. The van der Waals surface area contributed by atoms with Gasteiger partial charge in [-0.1, -0.05) is 56.7 Å². The van der Waals surface area contributed by atoms with Gasteiger partial charge in [-0.2, -0.15) is 0 Å². The van der Waals surface area contributed by atoms with Crippen LogP contribution in [0, 0.1) is 19.3 Å². The van der Waals surface area contributed by atoms with Crippen molar-refractivity contribution < 1.29 is 4.79 Å². The van der Waals surface area contributed by atoms with Crippen LogP contribution in [0.4, 0.5) is 5.82 Å². The number of aryl methyl sites for hydroxylation is 2. The monoisotopic (exact) mass is 417 g/mol. The van der Waals surface area contributed by atoms with Crippen molar-refractivity contribution in [3.8, 4) is 21.7 Å². The highest BCUT2D eigenvalue weighted by Crippen LogP contribution is 2.42. The van der Waals surface area contributed by atoms with Crippen LogP contribution in [0.1, 0.15) is 38.3 Å². The third-order valence-electron chi connectivity index (χ3n) is 5.80. The van der Waals surface area contributed by atoms with Gasteiger partial charge in [-0.15, -0.1) is 11.3 Å². The van der Waals surface area contributed by atoms with E-state index in [1.165, 1.54) is 11.1 Å². The lowest BCUT2D eigenvalue weighted by atomic mass is 9.89. The maximum Gasteiger partial charge on any atom is 0.231 e. The first-order valence-corrected chi connectivity index (χ1v) is 11.1. The summed E-state index contributed by atoms with van der Waals surface area (Å²) in [6.07, 6.45) is 2.74. The Morgan fingerprint density at radius 3 is 2.60 bits per heavy atom. The molecule has 2 heterocycles. The van der Waals surface area contributed by atoms with E-state index in [9.17, 15) is 4.79 Å². The Balaban J connectivity index is 1.89. The van der Waals surface area contributed by atoms with Crippen LogP contribution in [-0.2, 0) is 4.79 Å². The zero-order valence-electron chi connectivity index (χ0n) is 18.1. The molecule has 2 N–H and O–H groups in total. The quantitative estimate of drug-likeness (QED) is 0.369. The van der Waals surface area contributed by atoms with Crippen molar-refractivity contribution in [1.82, 2.24) is 9.97 Å². The van der Waals surface area contributed by atoms with Gasteiger partial charge in [-0.25, -0.2) is 4.98 Å². The highest BCUT2D eigenvalue weighted by atomic mass is 32.1. The molecular formula is C25H27N3OS. The van der Waals surface area contributed by atoms with Crippen molar-refractivity contribution in [2.75, 3.05) is 5.32 Å². The number of rotatable bonds is 5. The lowest BCUT2D eigenvalue weighted by Gasteiger charge is -2.21. The molecule has 0 bridgehead atoms. The molecule has 154 valence electrons.